The van der Waals surface area contributed by atoms with Gasteiger partial charge in [0.15, 0.2) is 0 Å². The van der Waals surface area contributed by atoms with Crippen molar-refractivity contribution in [3.8, 4) is 0 Å². The summed E-state index contributed by atoms with van der Waals surface area (Å²) in [4.78, 5) is 0. The highest BCUT2D eigenvalue weighted by atomic mass is 16.4. The van der Waals surface area contributed by atoms with Gasteiger partial charge in [-0.2, -0.15) is 10.9 Å². The Morgan fingerprint density at radius 2 is 1.40 bits per heavy atom. The fourth-order valence-electron chi connectivity index (χ4n) is 2.80. The second-order valence-corrected chi connectivity index (χ2v) is 4.79. The number of rotatable bonds is 4. The van der Waals surface area contributed by atoms with E-state index in [0.29, 0.717) is 0 Å². The predicted octanol–water partition coefficient (Wildman–Crippen LogP) is 1.63. The lowest BCUT2D eigenvalue weighted by Gasteiger charge is -2.41. The maximum Gasteiger partial charge on any atom is 0.288 e. The molecule has 3 nitrogen and oxygen atoms in total. The SMILES string of the molecule is CO[B-](c1ccccc1)(c1ccccc1)n1cccn1. The van der Waals surface area contributed by atoms with Gasteiger partial charge in [-0.1, -0.05) is 60.7 Å². The van der Waals surface area contributed by atoms with Crippen LogP contribution in [0.3, 0.4) is 0 Å². The second-order valence-electron chi connectivity index (χ2n) is 4.79. The molecule has 0 radical (unpaired) electrons. The molecule has 1 heterocycles. The predicted molar refractivity (Wildman–Crippen MR) is 82.5 cm³/mol. The molecule has 20 heavy (non-hydrogen) atoms. The molecule has 0 aliphatic carbocycles. The lowest BCUT2D eigenvalue weighted by atomic mass is 9.42. The molecule has 0 unspecified atom stereocenters. The third-order valence-electron chi connectivity index (χ3n) is 3.74. The van der Waals surface area contributed by atoms with E-state index in [2.05, 4.69) is 29.4 Å². The largest absolute Gasteiger partial charge is 0.567 e. The van der Waals surface area contributed by atoms with Crippen molar-refractivity contribution in [1.29, 1.82) is 0 Å². The van der Waals surface area contributed by atoms with Crippen LogP contribution in [0.4, 0.5) is 0 Å². The highest BCUT2D eigenvalue weighted by molar-refractivity contribution is 6.96. The summed E-state index contributed by atoms with van der Waals surface area (Å²) in [5.74, 6) is 0. The monoisotopic (exact) mass is 263 g/mol. The summed E-state index contributed by atoms with van der Waals surface area (Å²) in [5.41, 5.74) is 2.20. The van der Waals surface area contributed by atoms with Crippen LogP contribution in [0.15, 0.2) is 79.1 Å². The van der Waals surface area contributed by atoms with Gasteiger partial charge in [-0.25, -0.2) is 5.10 Å². The molecule has 3 rings (SSSR count). The summed E-state index contributed by atoms with van der Waals surface area (Å²) >= 11 is 0. The molecule has 0 N–H and O–H groups in total. The minimum Gasteiger partial charge on any atom is -0.567 e. The van der Waals surface area contributed by atoms with Gasteiger partial charge in [0, 0.05) is 6.20 Å². The van der Waals surface area contributed by atoms with Gasteiger partial charge in [-0.15, -0.1) is 0 Å². The van der Waals surface area contributed by atoms with E-state index < -0.39 is 6.48 Å². The van der Waals surface area contributed by atoms with Crippen molar-refractivity contribution in [2.24, 2.45) is 0 Å². The van der Waals surface area contributed by atoms with Crippen molar-refractivity contribution in [2.45, 2.75) is 0 Å². The Bertz CT molecular complexity index is 614. The highest BCUT2D eigenvalue weighted by Gasteiger charge is 2.31. The van der Waals surface area contributed by atoms with Crippen molar-refractivity contribution in [3.05, 3.63) is 79.1 Å². The minimum absolute atomic E-state index is 1.10. The smallest absolute Gasteiger partial charge is 0.288 e. The number of hydrogen-bond acceptors (Lipinski definition) is 2. The Hall–Kier alpha value is -2.33. The third-order valence-corrected chi connectivity index (χ3v) is 3.74. The van der Waals surface area contributed by atoms with Gasteiger partial charge in [0.1, 0.15) is 0 Å². The Balaban J connectivity index is 2.27. The lowest BCUT2D eigenvalue weighted by molar-refractivity contribution is 0.400. The molecule has 0 aliphatic rings. The molecule has 3 aromatic rings. The Labute approximate surface area is 118 Å². The summed E-state index contributed by atoms with van der Waals surface area (Å²) in [5, 5.41) is 4.43. The van der Waals surface area contributed by atoms with Crippen molar-refractivity contribution in [2.75, 3.05) is 7.11 Å². The molecule has 0 fully saturated rings. The molecule has 1 aromatic heterocycles. The molecule has 0 saturated carbocycles. The molecule has 0 saturated heterocycles. The maximum atomic E-state index is 6.02. The van der Waals surface area contributed by atoms with Crippen LogP contribution in [0.1, 0.15) is 0 Å². The topological polar surface area (TPSA) is 27.1 Å². The fourth-order valence-corrected chi connectivity index (χ4v) is 2.80. The molecule has 0 bridgehead atoms. The number of benzene rings is 2. The van der Waals surface area contributed by atoms with E-state index in [-0.39, 0.29) is 0 Å². The minimum atomic E-state index is -1.55. The molecule has 0 spiro atoms. The summed E-state index contributed by atoms with van der Waals surface area (Å²) in [6.45, 7) is -1.55. The molecule has 100 valence electrons. The zero-order chi connectivity index (χ0) is 13.8. The molecular weight excluding hydrogens is 247 g/mol. The molecule has 0 atom stereocenters. The van der Waals surface area contributed by atoms with Crippen molar-refractivity contribution < 1.29 is 4.65 Å². The Morgan fingerprint density at radius 1 is 0.850 bits per heavy atom. The normalized spacial score (nSPS) is 11.4. The number of aromatic nitrogens is 2. The van der Waals surface area contributed by atoms with Gasteiger partial charge in [0.25, 0.3) is 6.48 Å². The van der Waals surface area contributed by atoms with Gasteiger partial charge < -0.3 is 9.25 Å². The Kier molecular flexibility index (Phi) is 3.40. The Morgan fingerprint density at radius 3 is 1.80 bits per heavy atom. The van der Waals surface area contributed by atoms with E-state index in [1.54, 1.807) is 13.3 Å². The van der Waals surface area contributed by atoms with E-state index in [4.69, 9.17) is 4.65 Å². The third kappa shape index (κ3) is 1.94. The summed E-state index contributed by atoms with van der Waals surface area (Å²) in [7, 11) is 1.74. The van der Waals surface area contributed by atoms with Crippen LogP contribution in [0.2, 0.25) is 0 Å². The van der Waals surface area contributed by atoms with Crippen molar-refractivity contribution in [3.63, 3.8) is 0 Å². The van der Waals surface area contributed by atoms with Crippen LogP contribution < -0.4 is 10.9 Å². The van der Waals surface area contributed by atoms with Crippen LogP contribution in [0.5, 0.6) is 0 Å². The van der Waals surface area contributed by atoms with E-state index in [9.17, 15) is 0 Å². The van der Waals surface area contributed by atoms with Crippen LogP contribution >= 0.6 is 0 Å². The van der Waals surface area contributed by atoms with E-state index in [1.807, 2.05) is 53.3 Å². The van der Waals surface area contributed by atoms with Crippen LogP contribution in [0, 0.1) is 0 Å². The first-order valence-corrected chi connectivity index (χ1v) is 6.68. The maximum absolute atomic E-state index is 6.02. The molecule has 4 heteroatoms. The van der Waals surface area contributed by atoms with Crippen LogP contribution in [-0.4, -0.2) is 23.3 Å². The standard InChI is InChI=1S/C16H16BN2O/c1-20-17(19-14-8-13-18-19,15-9-4-2-5-10-15)16-11-6-3-7-12-16/h2-14H,1H3/q-1. The fraction of sp³-hybridized carbons (Fsp3) is 0.0625. The van der Waals surface area contributed by atoms with Gasteiger partial charge in [-0.05, 0) is 19.4 Å². The molecule has 2 aromatic carbocycles. The first-order valence-electron chi connectivity index (χ1n) is 6.68. The first-order chi connectivity index (χ1) is 9.88. The highest BCUT2D eigenvalue weighted by Crippen LogP contribution is 2.09. The van der Waals surface area contributed by atoms with E-state index in [1.165, 1.54) is 0 Å². The van der Waals surface area contributed by atoms with Gasteiger partial charge in [0.2, 0.25) is 0 Å². The van der Waals surface area contributed by atoms with Gasteiger partial charge >= 0.3 is 0 Å². The average Bonchev–Trinajstić information content (AvgIpc) is 3.06. The average molecular weight is 263 g/mol. The van der Waals surface area contributed by atoms with Crippen LogP contribution in [0.25, 0.3) is 0 Å². The zero-order valence-electron chi connectivity index (χ0n) is 11.4. The molecule has 0 amide bonds. The van der Waals surface area contributed by atoms with Crippen molar-refractivity contribution in [1.82, 2.24) is 9.69 Å². The lowest BCUT2D eigenvalue weighted by Crippen LogP contribution is -2.66. The van der Waals surface area contributed by atoms with Gasteiger partial charge in [0.05, 0.1) is 0 Å². The second kappa shape index (κ2) is 5.35. The zero-order valence-corrected chi connectivity index (χ0v) is 11.4. The summed E-state index contributed by atoms with van der Waals surface area (Å²) in [6, 6.07) is 22.4. The molecule has 0 aliphatic heterocycles. The molecular formula is C16H16BN2O-. The first kappa shape index (κ1) is 12.7. The van der Waals surface area contributed by atoms with Gasteiger partial charge in [-0.3, -0.25) is 0 Å². The summed E-state index contributed by atoms with van der Waals surface area (Å²) in [6.07, 6.45) is 3.73. The van der Waals surface area contributed by atoms with E-state index in [0.717, 1.165) is 10.9 Å². The van der Waals surface area contributed by atoms with Crippen molar-refractivity contribution >= 4 is 17.4 Å². The van der Waals surface area contributed by atoms with Crippen LogP contribution in [-0.2, 0) is 4.65 Å². The number of hydrogen-bond donors (Lipinski definition) is 0. The number of nitrogens with zero attached hydrogens (tertiary/aromatic N) is 2. The summed E-state index contributed by atoms with van der Waals surface area (Å²) < 4.78 is 7.92. The van der Waals surface area contributed by atoms with E-state index >= 15 is 0 Å². The quantitative estimate of drug-likeness (QED) is 0.669.